The highest BCUT2D eigenvalue weighted by atomic mass is 16.5. The predicted octanol–water partition coefficient (Wildman–Crippen LogP) is -0.668. The second-order valence-corrected chi connectivity index (χ2v) is 7.35. The number of primary amides is 1. The van der Waals surface area contributed by atoms with E-state index in [1.54, 1.807) is 0 Å². The van der Waals surface area contributed by atoms with Gasteiger partial charge in [0.05, 0.1) is 20.3 Å². The molecule has 8 nitrogen and oxygen atoms in total. The molecule has 1 amide bonds. The van der Waals surface area contributed by atoms with Crippen LogP contribution in [0.1, 0.15) is 35.1 Å². The molecule has 0 bridgehead atoms. The van der Waals surface area contributed by atoms with Crippen molar-refractivity contribution < 1.29 is 33.7 Å². The van der Waals surface area contributed by atoms with Gasteiger partial charge in [0.2, 0.25) is 5.91 Å². The zero-order valence-electron chi connectivity index (χ0n) is 17.4. The van der Waals surface area contributed by atoms with E-state index < -0.39 is 14.2 Å². The summed E-state index contributed by atoms with van der Waals surface area (Å²) in [4.78, 5) is 21.7. The Labute approximate surface area is 181 Å². The fourth-order valence-corrected chi connectivity index (χ4v) is 3.76. The lowest BCUT2D eigenvalue weighted by atomic mass is 9.75. The van der Waals surface area contributed by atoms with Gasteiger partial charge in [0.25, 0.3) is 0 Å². The molecule has 0 aliphatic carbocycles. The number of ether oxygens (including phenoxy) is 1. The molecule has 2 aliphatic rings. The van der Waals surface area contributed by atoms with E-state index in [-0.39, 0.29) is 11.9 Å². The monoisotopic (exact) mass is 425 g/mol. The minimum absolute atomic E-state index is 0.244. The van der Waals surface area contributed by atoms with E-state index in [1.165, 1.54) is 7.11 Å². The maximum absolute atomic E-state index is 11.1. The van der Waals surface area contributed by atoms with Crippen molar-refractivity contribution in [2.75, 3.05) is 7.11 Å². The van der Waals surface area contributed by atoms with Gasteiger partial charge in [-0.05, 0) is 46.0 Å². The largest absolute Gasteiger partial charge is 0.492 e. The highest BCUT2D eigenvalue weighted by molar-refractivity contribution is 6.62. The molecule has 0 atom stereocenters. The summed E-state index contributed by atoms with van der Waals surface area (Å²) in [5.41, 5.74) is 10.6. The van der Waals surface area contributed by atoms with Crippen molar-refractivity contribution in [3.05, 3.63) is 58.7 Å². The third-order valence-corrected chi connectivity index (χ3v) is 5.33. The van der Waals surface area contributed by atoms with Crippen LogP contribution < -0.4 is 16.7 Å². The minimum Gasteiger partial charge on any atom is -0.469 e. The average Bonchev–Trinajstić information content (AvgIpc) is 3.34. The van der Waals surface area contributed by atoms with Crippen LogP contribution in [0.2, 0.25) is 0 Å². The van der Waals surface area contributed by atoms with E-state index in [1.807, 2.05) is 36.4 Å². The molecule has 2 aromatic rings. The summed E-state index contributed by atoms with van der Waals surface area (Å²) in [5.74, 6) is -0.577. The highest BCUT2D eigenvalue weighted by Gasteiger charge is 2.30. The van der Waals surface area contributed by atoms with Crippen molar-refractivity contribution in [3.63, 3.8) is 0 Å². The molecule has 0 spiro atoms. The molecule has 0 fully saturated rings. The van der Waals surface area contributed by atoms with Crippen molar-refractivity contribution in [2.24, 2.45) is 5.73 Å². The van der Waals surface area contributed by atoms with Crippen molar-refractivity contribution in [3.8, 4) is 0 Å². The molecular weight excluding hydrogens is 400 g/mol. The standard InChI is InChI=1S/C11H13BO4.C10H12BNO3/c1-15-10(13)6-5-8-3-2-4-9-7-16-12(14)11(8)9;12-9(13)5-4-7-2-1-3-8-6-15-11(14)10(7)8/h2-4,14H,5-7H2,1H3;1-3,14H,4-6H2,(H2,12,13). The number of nitrogens with two attached hydrogens (primary N) is 1. The molecule has 162 valence electrons. The van der Waals surface area contributed by atoms with E-state index >= 15 is 0 Å². The molecule has 0 radical (unpaired) electrons. The number of aryl methyl sites for hydroxylation is 2. The van der Waals surface area contributed by atoms with Crippen LogP contribution in [0.5, 0.6) is 0 Å². The highest BCUT2D eigenvalue weighted by Crippen LogP contribution is 2.15. The average molecular weight is 425 g/mol. The fraction of sp³-hybridized carbons (Fsp3) is 0.333. The van der Waals surface area contributed by atoms with Crippen LogP contribution in [0.3, 0.4) is 0 Å². The molecule has 0 unspecified atom stereocenters. The molecule has 2 heterocycles. The van der Waals surface area contributed by atoms with Crippen LogP contribution in [-0.2, 0) is 49.7 Å². The van der Waals surface area contributed by atoms with Gasteiger partial charge in [0, 0.05) is 12.8 Å². The molecule has 0 saturated heterocycles. The van der Waals surface area contributed by atoms with Gasteiger partial charge in [-0.25, -0.2) is 0 Å². The molecule has 0 saturated carbocycles. The number of benzene rings is 2. The Morgan fingerprint density at radius 2 is 1.42 bits per heavy atom. The second-order valence-electron chi connectivity index (χ2n) is 7.35. The quantitative estimate of drug-likeness (QED) is 0.414. The molecular formula is C21H25B2NO7. The van der Waals surface area contributed by atoms with E-state index in [2.05, 4.69) is 4.74 Å². The Balaban J connectivity index is 0.000000176. The molecule has 0 aromatic heterocycles. The smallest absolute Gasteiger partial charge is 0.469 e. The van der Waals surface area contributed by atoms with Crippen LogP contribution in [-0.4, -0.2) is 43.3 Å². The van der Waals surface area contributed by atoms with Crippen molar-refractivity contribution in [2.45, 2.75) is 38.9 Å². The molecule has 4 rings (SSSR count). The Kier molecular flexibility index (Phi) is 7.86. The summed E-state index contributed by atoms with van der Waals surface area (Å²) in [6, 6.07) is 11.4. The Bertz CT molecular complexity index is 953. The number of methoxy groups -OCH3 is 1. The van der Waals surface area contributed by atoms with E-state index in [0.717, 1.165) is 33.2 Å². The number of carbonyl (C=O) groups is 2. The topological polar surface area (TPSA) is 128 Å². The lowest BCUT2D eigenvalue weighted by Crippen LogP contribution is -2.31. The van der Waals surface area contributed by atoms with Crippen LogP contribution >= 0.6 is 0 Å². The van der Waals surface area contributed by atoms with E-state index in [4.69, 9.17) is 15.0 Å². The van der Waals surface area contributed by atoms with Crippen LogP contribution in [0, 0.1) is 0 Å². The van der Waals surface area contributed by atoms with Gasteiger partial charge in [-0.15, -0.1) is 0 Å². The van der Waals surface area contributed by atoms with E-state index in [0.29, 0.717) is 38.9 Å². The van der Waals surface area contributed by atoms with Crippen LogP contribution in [0.25, 0.3) is 0 Å². The van der Waals surface area contributed by atoms with Crippen LogP contribution in [0.4, 0.5) is 0 Å². The predicted molar refractivity (Wildman–Crippen MR) is 116 cm³/mol. The normalized spacial score (nSPS) is 13.9. The summed E-state index contributed by atoms with van der Waals surface area (Å²) in [5, 5.41) is 19.2. The summed E-state index contributed by atoms with van der Waals surface area (Å²) in [7, 11) is -0.344. The Morgan fingerprint density at radius 3 is 1.87 bits per heavy atom. The lowest BCUT2D eigenvalue weighted by molar-refractivity contribution is -0.140. The first-order valence-corrected chi connectivity index (χ1v) is 10.1. The maximum Gasteiger partial charge on any atom is 0.492 e. The minimum atomic E-state index is -0.858. The number of hydrogen-bond donors (Lipinski definition) is 3. The van der Waals surface area contributed by atoms with Gasteiger partial charge < -0.3 is 29.8 Å². The van der Waals surface area contributed by atoms with E-state index in [9.17, 15) is 19.6 Å². The Hall–Kier alpha value is -2.65. The summed E-state index contributed by atoms with van der Waals surface area (Å²) in [6.45, 7) is 0.865. The van der Waals surface area contributed by atoms with Gasteiger partial charge in [0.15, 0.2) is 0 Å². The molecule has 2 aromatic carbocycles. The first-order valence-electron chi connectivity index (χ1n) is 10.1. The van der Waals surface area contributed by atoms with Gasteiger partial charge in [-0.2, -0.15) is 0 Å². The van der Waals surface area contributed by atoms with Crippen LogP contribution in [0.15, 0.2) is 36.4 Å². The third-order valence-electron chi connectivity index (χ3n) is 5.33. The van der Waals surface area contributed by atoms with Crippen molar-refractivity contribution >= 4 is 37.0 Å². The maximum atomic E-state index is 11.1. The van der Waals surface area contributed by atoms with Gasteiger partial charge in [-0.3, -0.25) is 9.59 Å². The summed E-state index contributed by atoms with van der Waals surface area (Å²) in [6.07, 6.45) is 1.73. The number of rotatable bonds is 6. The molecule has 4 N–H and O–H groups in total. The summed E-state index contributed by atoms with van der Waals surface area (Å²) >= 11 is 0. The number of amides is 1. The first-order chi connectivity index (χ1) is 14.9. The third kappa shape index (κ3) is 5.74. The summed E-state index contributed by atoms with van der Waals surface area (Å²) < 4.78 is 14.8. The molecule has 2 aliphatic heterocycles. The number of carbonyl (C=O) groups excluding carboxylic acids is 2. The zero-order chi connectivity index (χ0) is 22.4. The first kappa shape index (κ1) is 23.0. The molecule has 10 heteroatoms. The SMILES string of the molecule is COC(=O)CCc1cccc2c1B(O)OC2.NC(=O)CCc1cccc2c1B(O)OC2. The van der Waals surface area contributed by atoms with Crippen molar-refractivity contribution in [1.82, 2.24) is 0 Å². The van der Waals surface area contributed by atoms with Gasteiger partial charge >= 0.3 is 20.2 Å². The van der Waals surface area contributed by atoms with Gasteiger partial charge in [0.1, 0.15) is 0 Å². The number of fused-ring (bicyclic) bond motifs is 2. The fourth-order valence-electron chi connectivity index (χ4n) is 3.76. The second kappa shape index (κ2) is 10.6. The number of hydrogen-bond acceptors (Lipinski definition) is 7. The molecule has 31 heavy (non-hydrogen) atoms. The van der Waals surface area contributed by atoms with Crippen molar-refractivity contribution in [1.29, 1.82) is 0 Å². The zero-order valence-corrected chi connectivity index (χ0v) is 17.4. The van der Waals surface area contributed by atoms with Gasteiger partial charge in [-0.1, -0.05) is 36.4 Å². The Morgan fingerprint density at radius 1 is 0.935 bits per heavy atom. The number of esters is 1. The lowest BCUT2D eigenvalue weighted by Gasteiger charge is -2.07.